The van der Waals surface area contributed by atoms with Gasteiger partial charge in [0.25, 0.3) is 5.69 Å². The van der Waals surface area contributed by atoms with Gasteiger partial charge in [-0.15, -0.1) is 12.4 Å². The van der Waals surface area contributed by atoms with Gasteiger partial charge in [0.15, 0.2) is 0 Å². The summed E-state index contributed by atoms with van der Waals surface area (Å²) in [5.41, 5.74) is 0.149. The molecule has 6 nitrogen and oxygen atoms in total. The Morgan fingerprint density at radius 2 is 2.05 bits per heavy atom. The third-order valence-corrected chi connectivity index (χ3v) is 2.14. The Kier molecular flexibility index (Phi) is 4.96. The molecule has 98 valence electrons. The topological polar surface area (TPSA) is 82.3 Å². The van der Waals surface area contributed by atoms with Crippen LogP contribution < -0.4 is 4.74 Å². The molecular weight excluding hydrogens is 272 g/mol. The number of nitro benzene ring substituents is 1. The van der Waals surface area contributed by atoms with Crippen LogP contribution in [-0.4, -0.2) is 15.9 Å². The number of esters is 1. The average Bonchev–Trinajstić information content (AvgIpc) is 2.40. The molecule has 0 atom stereocenters. The summed E-state index contributed by atoms with van der Waals surface area (Å²) in [7, 11) is 0. The molecule has 1 aromatic carbocycles. The number of carbonyl (C=O) groups is 1. The number of nitrogens with zero attached hydrogens (tertiary/aromatic N) is 2. The van der Waals surface area contributed by atoms with Gasteiger partial charge < -0.3 is 4.74 Å². The van der Waals surface area contributed by atoms with E-state index in [4.69, 9.17) is 4.74 Å². The highest BCUT2D eigenvalue weighted by atomic mass is 35.5. The Hall–Kier alpha value is -2.47. The number of benzene rings is 1. The number of hydrogen-bond acceptors (Lipinski definition) is 5. The highest BCUT2D eigenvalue weighted by molar-refractivity contribution is 5.90. The van der Waals surface area contributed by atoms with Crippen molar-refractivity contribution in [3.63, 3.8) is 0 Å². The molecule has 0 aliphatic rings. The van der Waals surface area contributed by atoms with E-state index in [1.165, 1.54) is 36.7 Å². The standard InChI is InChI=1S/C12H8N2O4.ClH/c15-12(9-3-2-6-13-8-9)18-11-5-1-4-10(7-11)14(16)17;/h1-8H;1H. The zero-order valence-electron chi connectivity index (χ0n) is 9.55. The fraction of sp³-hybridized carbons (Fsp3) is 0. The summed E-state index contributed by atoms with van der Waals surface area (Å²) < 4.78 is 5.01. The molecule has 0 spiro atoms. The molecule has 0 N–H and O–H groups in total. The van der Waals surface area contributed by atoms with E-state index in [-0.39, 0.29) is 29.4 Å². The van der Waals surface area contributed by atoms with Crippen molar-refractivity contribution in [1.29, 1.82) is 0 Å². The van der Waals surface area contributed by atoms with Crippen molar-refractivity contribution >= 4 is 24.1 Å². The minimum atomic E-state index is -0.608. The number of hydrogen-bond donors (Lipinski definition) is 0. The molecule has 0 aliphatic carbocycles. The Morgan fingerprint density at radius 3 is 2.68 bits per heavy atom. The van der Waals surface area contributed by atoms with Gasteiger partial charge in [-0.2, -0.15) is 0 Å². The van der Waals surface area contributed by atoms with Crippen LogP contribution in [0.3, 0.4) is 0 Å². The Morgan fingerprint density at radius 1 is 1.26 bits per heavy atom. The van der Waals surface area contributed by atoms with Crippen LogP contribution in [-0.2, 0) is 0 Å². The number of aromatic nitrogens is 1. The number of rotatable bonds is 3. The van der Waals surface area contributed by atoms with Crippen molar-refractivity contribution in [3.8, 4) is 5.75 Å². The van der Waals surface area contributed by atoms with E-state index >= 15 is 0 Å². The van der Waals surface area contributed by atoms with Gasteiger partial charge in [-0.1, -0.05) is 6.07 Å². The van der Waals surface area contributed by atoms with Crippen LogP contribution in [0.25, 0.3) is 0 Å². The summed E-state index contributed by atoms with van der Waals surface area (Å²) in [6.07, 6.45) is 2.89. The highest BCUT2D eigenvalue weighted by Gasteiger charge is 2.11. The normalized spacial score (nSPS) is 9.26. The van der Waals surface area contributed by atoms with Gasteiger partial charge in [0.05, 0.1) is 16.6 Å². The van der Waals surface area contributed by atoms with Crippen molar-refractivity contribution in [2.45, 2.75) is 0 Å². The molecule has 0 saturated heterocycles. The lowest BCUT2D eigenvalue weighted by molar-refractivity contribution is -0.384. The molecule has 0 unspecified atom stereocenters. The van der Waals surface area contributed by atoms with Crippen molar-refractivity contribution in [3.05, 3.63) is 64.5 Å². The van der Waals surface area contributed by atoms with Gasteiger partial charge in [-0.3, -0.25) is 15.1 Å². The Balaban J connectivity index is 0.00000180. The maximum Gasteiger partial charge on any atom is 0.345 e. The van der Waals surface area contributed by atoms with Crippen LogP contribution in [0.2, 0.25) is 0 Å². The van der Waals surface area contributed by atoms with Gasteiger partial charge in [-0.25, -0.2) is 4.79 Å². The number of nitro groups is 1. The first-order chi connectivity index (χ1) is 8.66. The molecule has 1 heterocycles. The Labute approximate surface area is 114 Å². The summed E-state index contributed by atoms with van der Waals surface area (Å²) in [4.78, 5) is 25.5. The zero-order chi connectivity index (χ0) is 13.0. The molecule has 0 fully saturated rings. The monoisotopic (exact) mass is 280 g/mol. The fourth-order valence-corrected chi connectivity index (χ4v) is 1.31. The quantitative estimate of drug-likeness (QED) is 0.373. The molecule has 7 heteroatoms. The molecule has 2 rings (SSSR count). The Bertz CT molecular complexity index is 589. The number of halogens is 1. The molecule has 19 heavy (non-hydrogen) atoms. The van der Waals surface area contributed by atoms with Crippen LogP contribution in [0.15, 0.2) is 48.8 Å². The summed E-state index contributed by atoms with van der Waals surface area (Å²) in [5, 5.41) is 10.6. The van der Waals surface area contributed by atoms with Crippen LogP contribution in [0.4, 0.5) is 5.69 Å². The number of pyridine rings is 1. The SMILES string of the molecule is Cl.O=C(Oc1cccc([N+](=O)[O-])c1)c1cccnc1. The van der Waals surface area contributed by atoms with Crippen LogP contribution in [0, 0.1) is 10.1 Å². The van der Waals surface area contributed by atoms with Crippen molar-refractivity contribution in [2.75, 3.05) is 0 Å². The highest BCUT2D eigenvalue weighted by Crippen LogP contribution is 2.19. The van der Waals surface area contributed by atoms with Gasteiger partial charge in [0.1, 0.15) is 5.75 Å². The van der Waals surface area contributed by atoms with E-state index in [1.54, 1.807) is 12.1 Å². The van der Waals surface area contributed by atoms with Crippen LogP contribution in [0.5, 0.6) is 5.75 Å². The third kappa shape index (κ3) is 3.75. The predicted octanol–water partition coefficient (Wildman–Crippen LogP) is 2.63. The fourth-order valence-electron chi connectivity index (χ4n) is 1.31. The molecule has 0 radical (unpaired) electrons. The van der Waals surface area contributed by atoms with Gasteiger partial charge >= 0.3 is 5.97 Å². The van der Waals surface area contributed by atoms with Crippen molar-refractivity contribution in [2.24, 2.45) is 0 Å². The van der Waals surface area contributed by atoms with E-state index in [9.17, 15) is 14.9 Å². The van der Waals surface area contributed by atoms with Gasteiger partial charge in [0, 0.05) is 18.5 Å². The van der Waals surface area contributed by atoms with Gasteiger partial charge in [0.2, 0.25) is 0 Å². The van der Waals surface area contributed by atoms with E-state index in [2.05, 4.69) is 4.98 Å². The maximum atomic E-state index is 11.7. The zero-order valence-corrected chi connectivity index (χ0v) is 10.4. The molecule has 1 aromatic heterocycles. The summed E-state index contributed by atoms with van der Waals surface area (Å²) in [5.74, 6) is -0.485. The molecule has 2 aromatic rings. The van der Waals surface area contributed by atoms with E-state index in [0.717, 1.165) is 0 Å². The summed E-state index contributed by atoms with van der Waals surface area (Å²) in [6.45, 7) is 0. The molecular formula is C12H9ClN2O4. The van der Waals surface area contributed by atoms with Crippen molar-refractivity contribution in [1.82, 2.24) is 4.98 Å². The summed E-state index contributed by atoms with van der Waals surface area (Å²) in [6, 6.07) is 8.58. The molecule has 0 amide bonds. The molecule has 0 saturated carbocycles. The maximum absolute atomic E-state index is 11.7. The first-order valence-electron chi connectivity index (χ1n) is 5.03. The van der Waals surface area contributed by atoms with Crippen LogP contribution >= 0.6 is 12.4 Å². The minimum absolute atomic E-state index is 0. The van der Waals surface area contributed by atoms with Crippen LogP contribution in [0.1, 0.15) is 10.4 Å². The van der Waals surface area contributed by atoms with Crippen molar-refractivity contribution < 1.29 is 14.5 Å². The lowest BCUT2D eigenvalue weighted by Crippen LogP contribution is -2.08. The van der Waals surface area contributed by atoms with Gasteiger partial charge in [-0.05, 0) is 18.2 Å². The minimum Gasteiger partial charge on any atom is -0.423 e. The second-order valence-corrected chi connectivity index (χ2v) is 3.39. The number of carbonyl (C=O) groups excluding carboxylic acids is 1. The number of ether oxygens (including phenoxy) is 1. The largest absolute Gasteiger partial charge is 0.423 e. The van der Waals surface area contributed by atoms with E-state index in [1.807, 2.05) is 0 Å². The average molecular weight is 281 g/mol. The third-order valence-electron chi connectivity index (χ3n) is 2.14. The lowest BCUT2D eigenvalue weighted by Gasteiger charge is -2.03. The smallest absolute Gasteiger partial charge is 0.345 e. The summed E-state index contributed by atoms with van der Waals surface area (Å²) >= 11 is 0. The van der Waals surface area contributed by atoms with E-state index < -0.39 is 10.9 Å². The first kappa shape index (κ1) is 14.6. The predicted molar refractivity (Wildman–Crippen MR) is 69.5 cm³/mol. The first-order valence-corrected chi connectivity index (χ1v) is 5.03. The second kappa shape index (κ2) is 6.46. The molecule has 0 bridgehead atoms. The number of non-ortho nitro benzene ring substituents is 1. The second-order valence-electron chi connectivity index (χ2n) is 3.39. The van der Waals surface area contributed by atoms with E-state index in [0.29, 0.717) is 0 Å². The molecule has 0 aliphatic heterocycles. The lowest BCUT2D eigenvalue weighted by atomic mass is 10.3.